The van der Waals surface area contributed by atoms with Gasteiger partial charge in [-0.2, -0.15) is 0 Å². The molecular formula is C6H4BrClOS. The van der Waals surface area contributed by atoms with Gasteiger partial charge in [0.05, 0.1) is 23.9 Å². The molecule has 0 N–H and O–H groups in total. The van der Waals surface area contributed by atoms with Gasteiger partial charge in [-0.15, -0.1) is 0 Å². The topological polar surface area (TPSA) is 9.23 Å². The summed E-state index contributed by atoms with van der Waals surface area (Å²) in [5.41, 5.74) is 0. The van der Waals surface area contributed by atoms with E-state index in [-0.39, 0.29) is 0 Å². The number of hydrogen-bond acceptors (Lipinski definition) is 2. The second kappa shape index (κ2) is 4.23. The standard InChI is InChI=1S/C6H4BrClOS/c7-5-2-1-3-6(4-5)10-9-8/h1-4H. The van der Waals surface area contributed by atoms with Gasteiger partial charge in [0, 0.05) is 9.37 Å². The molecule has 54 valence electrons. The Labute approximate surface area is 77.2 Å². The van der Waals surface area contributed by atoms with Gasteiger partial charge in [-0.1, -0.05) is 22.0 Å². The summed E-state index contributed by atoms with van der Waals surface area (Å²) in [5, 5.41) is 0. The van der Waals surface area contributed by atoms with Crippen molar-refractivity contribution in [1.82, 2.24) is 0 Å². The van der Waals surface area contributed by atoms with Gasteiger partial charge < -0.3 is 0 Å². The molecule has 0 bridgehead atoms. The van der Waals surface area contributed by atoms with Gasteiger partial charge in [0.15, 0.2) is 0 Å². The molecule has 0 aliphatic rings. The predicted octanol–water partition coefficient (Wildman–Crippen LogP) is 3.63. The number of benzene rings is 1. The molecule has 0 spiro atoms. The zero-order valence-corrected chi connectivity index (χ0v) is 8.04. The third-order valence-electron chi connectivity index (χ3n) is 0.924. The zero-order valence-electron chi connectivity index (χ0n) is 4.88. The van der Waals surface area contributed by atoms with Crippen molar-refractivity contribution in [1.29, 1.82) is 0 Å². The highest BCUT2D eigenvalue weighted by atomic mass is 79.9. The van der Waals surface area contributed by atoms with Crippen molar-refractivity contribution >= 4 is 39.8 Å². The molecule has 1 aromatic carbocycles. The van der Waals surface area contributed by atoms with Gasteiger partial charge in [0.2, 0.25) is 0 Å². The van der Waals surface area contributed by atoms with E-state index in [1.807, 2.05) is 24.3 Å². The van der Waals surface area contributed by atoms with Crippen LogP contribution < -0.4 is 0 Å². The molecule has 4 heteroatoms. The second-order valence-electron chi connectivity index (χ2n) is 1.60. The van der Waals surface area contributed by atoms with E-state index in [2.05, 4.69) is 19.7 Å². The first-order valence-corrected chi connectivity index (χ1v) is 4.38. The van der Waals surface area contributed by atoms with Gasteiger partial charge in [0.1, 0.15) is 0 Å². The molecule has 0 atom stereocenters. The van der Waals surface area contributed by atoms with E-state index >= 15 is 0 Å². The molecule has 0 saturated heterocycles. The molecule has 0 aliphatic heterocycles. The smallest absolute Gasteiger partial charge is 0.0757 e. The summed E-state index contributed by atoms with van der Waals surface area (Å²) in [7, 11) is 0. The fourth-order valence-corrected chi connectivity index (χ4v) is 1.71. The second-order valence-corrected chi connectivity index (χ2v) is 3.66. The van der Waals surface area contributed by atoms with Crippen molar-refractivity contribution in [2.24, 2.45) is 0 Å². The Morgan fingerprint density at radius 2 is 2.30 bits per heavy atom. The summed E-state index contributed by atoms with van der Waals surface area (Å²) in [6.45, 7) is 0. The first-order valence-electron chi connectivity index (χ1n) is 2.54. The molecule has 10 heavy (non-hydrogen) atoms. The van der Waals surface area contributed by atoms with Crippen molar-refractivity contribution in [3.05, 3.63) is 28.7 Å². The lowest BCUT2D eigenvalue weighted by Crippen LogP contribution is -1.68. The van der Waals surface area contributed by atoms with Crippen LogP contribution in [0.25, 0.3) is 0 Å². The quantitative estimate of drug-likeness (QED) is 0.729. The number of halogens is 2. The molecule has 1 nitrogen and oxygen atoms in total. The van der Waals surface area contributed by atoms with Gasteiger partial charge in [-0.25, -0.2) is 3.74 Å². The summed E-state index contributed by atoms with van der Waals surface area (Å²) >= 11 is 9.48. The maximum atomic E-state index is 5.04. The molecule has 0 aliphatic carbocycles. The lowest BCUT2D eigenvalue weighted by Gasteiger charge is -1.94. The van der Waals surface area contributed by atoms with Crippen LogP contribution in [0.1, 0.15) is 0 Å². The Morgan fingerprint density at radius 3 is 2.90 bits per heavy atom. The highest BCUT2D eigenvalue weighted by Crippen LogP contribution is 2.23. The SMILES string of the molecule is ClOSc1cccc(Br)c1. The molecule has 0 heterocycles. The summed E-state index contributed by atoms with van der Waals surface area (Å²) in [6.07, 6.45) is 0. The fraction of sp³-hybridized carbons (Fsp3) is 0. The Hall–Kier alpha value is 0.300. The summed E-state index contributed by atoms with van der Waals surface area (Å²) in [6, 6.07) is 7.70. The highest BCUT2D eigenvalue weighted by molar-refractivity contribution is 9.10. The van der Waals surface area contributed by atoms with Gasteiger partial charge in [-0.05, 0) is 18.2 Å². The summed E-state index contributed by atoms with van der Waals surface area (Å²) in [4.78, 5) is 0.976. The maximum Gasteiger partial charge on any atom is 0.0757 e. The van der Waals surface area contributed by atoms with E-state index in [4.69, 9.17) is 11.9 Å². The third-order valence-corrected chi connectivity index (χ3v) is 2.12. The van der Waals surface area contributed by atoms with Crippen LogP contribution in [0, 0.1) is 0 Å². The molecular weight excluding hydrogens is 235 g/mol. The van der Waals surface area contributed by atoms with Crippen molar-refractivity contribution < 1.29 is 3.74 Å². The Bertz CT molecular complexity index is 219. The minimum Gasteiger partial charge on any atom is -0.202 e. The van der Waals surface area contributed by atoms with Crippen LogP contribution in [0.2, 0.25) is 0 Å². The highest BCUT2D eigenvalue weighted by Gasteiger charge is 1.92. The molecule has 0 amide bonds. The Kier molecular flexibility index (Phi) is 3.56. The number of hydrogen-bond donors (Lipinski definition) is 0. The van der Waals surface area contributed by atoms with E-state index in [1.165, 1.54) is 0 Å². The van der Waals surface area contributed by atoms with E-state index in [0.717, 1.165) is 21.4 Å². The monoisotopic (exact) mass is 238 g/mol. The van der Waals surface area contributed by atoms with Crippen LogP contribution in [0.4, 0.5) is 0 Å². The Balaban J connectivity index is 2.75. The lowest BCUT2D eigenvalue weighted by atomic mass is 10.4. The van der Waals surface area contributed by atoms with E-state index in [1.54, 1.807) is 0 Å². The van der Waals surface area contributed by atoms with Crippen LogP contribution in [0.5, 0.6) is 0 Å². The van der Waals surface area contributed by atoms with Crippen molar-refractivity contribution in [3.63, 3.8) is 0 Å². The van der Waals surface area contributed by atoms with E-state index in [9.17, 15) is 0 Å². The van der Waals surface area contributed by atoms with E-state index in [0.29, 0.717) is 0 Å². The third kappa shape index (κ3) is 2.50. The van der Waals surface area contributed by atoms with Crippen molar-refractivity contribution in [3.8, 4) is 0 Å². The first kappa shape index (κ1) is 8.40. The lowest BCUT2D eigenvalue weighted by molar-refractivity contribution is 0.727. The molecule has 0 radical (unpaired) electrons. The first-order chi connectivity index (χ1) is 4.83. The molecule has 0 unspecified atom stereocenters. The van der Waals surface area contributed by atoms with E-state index < -0.39 is 0 Å². The minimum atomic E-state index is 0.976. The normalized spacial score (nSPS) is 9.80. The van der Waals surface area contributed by atoms with Crippen molar-refractivity contribution in [2.45, 2.75) is 4.90 Å². The van der Waals surface area contributed by atoms with Gasteiger partial charge >= 0.3 is 0 Å². The zero-order chi connectivity index (χ0) is 7.40. The van der Waals surface area contributed by atoms with Crippen LogP contribution >= 0.6 is 39.8 Å². The Morgan fingerprint density at radius 1 is 1.50 bits per heavy atom. The minimum absolute atomic E-state index is 0.976. The largest absolute Gasteiger partial charge is 0.202 e. The van der Waals surface area contributed by atoms with Crippen LogP contribution in [0.3, 0.4) is 0 Å². The molecule has 1 aromatic rings. The average Bonchev–Trinajstić information content (AvgIpc) is 1.88. The van der Waals surface area contributed by atoms with Gasteiger partial charge in [0.25, 0.3) is 0 Å². The molecule has 1 rings (SSSR count). The molecule has 0 fully saturated rings. The molecule has 0 aromatic heterocycles. The number of rotatable bonds is 2. The van der Waals surface area contributed by atoms with Crippen LogP contribution in [-0.2, 0) is 3.74 Å². The molecule has 0 saturated carbocycles. The summed E-state index contributed by atoms with van der Waals surface area (Å²) < 4.78 is 5.37. The maximum absolute atomic E-state index is 5.04. The fourth-order valence-electron chi connectivity index (χ4n) is 0.555. The van der Waals surface area contributed by atoms with Gasteiger partial charge in [-0.3, -0.25) is 0 Å². The van der Waals surface area contributed by atoms with Crippen LogP contribution in [0.15, 0.2) is 33.6 Å². The predicted molar refractivity (Wildman–Crippen MR) is 46.9 cm³/mol. The summed E-state index contributed by atoms with van der Waals surface area (Å²) in [5.74, 6) is 0. The van der Waals surface area contributed by atoms with Crippen molar-refractivity contribution in [2.75, 3.05) is 0 Å². The average molecular weight is 240 g/mol. The van der Waals surface area contributed by atoms with Crippen LogP contribution in [-0.4, -0.2) is 0 Å².